The van der Waals surface area contributed by atoms with Crippen LogP contribution in [-0.2, 0) is 25.4 Å². The summed E-state index contributed by atoms with van der Waals surface area (Å²) < 4.78 is 9.35. The van der Waals surface area contributed by atoms with Crippen LogP contribution < -0.4 is 16.6 Å². The van der Waals surface area contributed by atoms with E-state index in [0.29, 0.717) is 43.2 Å². The summed E-state index contributed by atoms with van der Waals surface area (Å²) in [5.41, 5.74) is 0.144. The molecule has 2 heterocycles. The molecule has 21 heavy (non-hydrogen) atoms. The molecule has 0 spiro atoms. The molecule has 0 aliphatic heterocycles. The molecule has 2 aromatic rings. The third-order valence-corrected chi connectivity index (χ3v) is 3.42. The summed E-state index contributed by atoms with van der Waals surface area (Å²) in [5, 5.41) is 3.09. The maximum Gasteiger partial charge on any atom is 0.332 e. The predicted molar refractivity (Wildman–Crippen MR) is 80.9 cm³/mol. The SMILES string of the molecule is CCNc1nc2c(c(=O)n(C)c(=O)n2CCCOC)n1C. The first-order chi connectivity index (χ1) is 10.0. The van der Waals surface area contributed by atoms with Gasteiger partial charge in [-0.3, -0.25) is 13.9 Å². The normalized spacial score (nSPS) is 11.2. The molecule has 0 saturated carbocycles. The van der Waals surface area contributed by atoms with E-state index in [0.717, 1.165) is 4.57 Å². The van der Waals surface area contributed by atoms with Gasteiger partial charge in [-0.05, 0) is 13.3 Å². The monoisotopic (exact) mass is 295 g/mol. The Hall–Kier alpha value is -2.09. The molecule has 8 nitrogen and oxygen atoms in total. The van der Waals surface area contributed by atoms with Crippen LogP contribution >= 0.6 is 0 Å². The van der Waals surface area contributed by atoms with E-state index in [4.69, 9.17) is 4.74 Å². The highest BCUT2D eigenvalue weighted by Crippen LogP contribution is 2.13. The second-order valence-electron chi connectivity index (χ2n) is 4.84. The van der Waals surface area contributed by atoms with Gasteiger partial charge in [0, 0.05) is 40.9 Å². The van der Waals surface area contributed by atoms with Crippen molar-refractivity contribution < 1.29 is 4.74 Å². The van der Waals surface area contributed by atoms with E-state index in [1.165, 1.54) is 11.6 Å². The van der Waals surface area contributed by atoms with E-state index in [9.17, 15) is 9.59 Å². The van der Waals surface area contributed by atoms with Gasteiger partial charge in [0.2, 0.25) is 5.95 Å². The average molecular weight is 295 g/mol. The summed E-state index contributed by atoms with van der Waals surface area (Å²) in [6.45, 7) is 3.64. The van der Waals surface area contributed by atoms with Gasteiger partial charge in [0.1, 0.15) is 0 Å². The van der Waals surface area contributed by atoms with Crippen molar-refractivity contribution in [2.24, 2.45) is 14.1 Å². The summed E-state index contributed by atoms with van der Waals surface area (Å²) in [6.07, 6.45) is 0.677. The van der Waals surface area contributed by atoms with Crippen LogP contribution in [0.25, 0.3) is 11.2 Å². The number of rotatable bonds is 6. The lowest BCUT2D eigenvalue weighted by molar-refractivity contribution is 0.190. The molecule has 116 valence electrons. The zero-order valence-electron chi connectivity index (χ0n) is 12.8. The molecule has 0 amide bonds. The standard InChI is InChI=1S/C13H21N5O3/c1-5-14-12-15-10-9(16(12)2)11(19)17(3)13(20)18(10)7-6-8-21-4/h5-8H2,1-4H3,(H,14,15). The number of aromatic nitrogens is 4. The molecule has 2 aromatic heterocycles. The molecule has 0 aliphatic carbocycles. The molecular weight excluding hydrogens is 274 g/mol. The Balaban J connectivity index is 2.69. The minimum absolute atomic E-state index is 0.336. The molecule has 1 N–H and O–H groups in total. The fraction of sp³-hybridized carbons (Fsp3) is 0.615. The quantitative estimate of drug-likeness (QED) is 0.753. The highest BCUT2D eigenvalue weighted by molar-refractivity contribution is 5.74. The molecule has 0 atom stereocenters. The van der Waals surface area contributed by atoms with Gasteiger partial charge in [-0.15, -0.1) is 0 Å². The predicted octanol–water partition coefficient (Wildman–Crippen LogP) is -0.0980. The smallest absolute Gasteiger partial charge is 0.332 e. The molecule has 8 heteroatoms. The van der Waals surface area contributed by atoms with Crippen molar-refractivity contribution >= 4 is 17.1 Å². The van der Waals surface area contributed by atoms with Crippen LogP contribution in [0.1, 0.15) is 13.3 Å². The highest BCUT2D eigenvalue weighted by Gasteiger charge is 2.17. The van der Waals surface area contributed by atoms with Crippen LogP contribution in [0.4, 0.5) is 5.95 Å². The second kappa shape index (κ2) is 6.13. The number of anilines is 1. The number of imidazole rings is 1. The molecule has 0 fully saturated rings. The van der Waals surface area contributed by atoms with Crippen molar-refractivity contribution in [3.05, 3.63) is 20.8 Å². The second-order valence-corrected chi connectivity index (χ2v) is 4.84. The fourth-order valence-electron chi connectivity index (χ4n) is 2.31. The number of ether oxygens (including phenoxy) is 1. The maximum atomic E-state index is 12.3. The first-order valence-corrected chi connectivity index (χ1v) is 6.92. The van der Waals surface area contributed by atoms with Gasteiger partial charge in [0.05, 0.1) is 0 Å². The number of hydrogen-bond donors (Lipinski definition) is 1. The zero-order chi connectivity index (χ0) is 15.6. The molecule has 0 unspecified atom stereocenters. The molecule has 0 bridgehead atoms. The molecule has 0 saturated heterocycles. The molecule has 0 radical (unpaired) electrons. The van der Waals surface area contributed by atoms with E-state index >= 15 is 0 Å². The summed E-state index contributed by atoms with van der Waals surface area (Å²) in [6, 6.07) is 0. The van der Waals surface area contributed by atoms with Crippen molar-refractivity contribution in [2.45, 2.75) is 19.9 Å². The summed E-state index contributed by atoms with van der Waals surface area (Å²) in [7, 11) is 4.86. The van der Waals surface area contributed by atoms with E-state index in [1.807, 2.05) is 6.92 Å². The number of hydrogen-bond acceptors (Lipinski definition) is 5. The lowest BCUT2D eigenvalue weighted by atomic mass is 10.4. The Kier molecular flexibility index (Phi) is 4.46. The number of nitrogens with one attached hydrogen (secondary N) is 1. The van der Waals surface area contributed by atoms with Crippen molar-refractivity contribution in [2.75, 3.05) is 25.6 Å². The van der Waals surface area contributed by atoms with Crippen LogP contribution in [0.3, 0.4) is 0 Å². The van der Waals surface area contributed by atoms with Gasteiger partial charge >= 0.3 is 5.69 Å². The third kappa shape index (κ3) is 2.58. The number of aryl methyl sites for hydroxylation is 2. The van der Waals surface area contributed by atoms with E-state index in [-0.39, 0.29) is 11.2 Å². The van der Waals surface area contributed by atoms with Gasteiger partial charge in [-0.2, -0.15) is 4.98 Å². The van der Waals surface area contributed by atoms with Crippen molar-refractivity contribution in [1.82, 2.24) is 18.7 Å². The van der Waals surface area contributed by atoms with Crippen molar-refractivity contribution in [3.8, 4) is 0 Å². The van der Waals surface area contributed by atoms with Crippen LogP contribution in [0, 0.1) is 0 Å². The average Bonchev–Trinajstić information content (AvgIpc) is 2.78. The van der Waals surface area contributed by atoms with Gasteiger partial charge in [0.15, 0.2) is 11.2 Å². The Morgan fingerprint density at radius 1 is 1.24 bits per heavy atom. The van der Waals surface area contributed by atoms with E-state index < -0.39 is 0 Å². The number of fused-ring (bicyclic) bond motifs is 1. The summed E-state index contributed by atoms with van der Waals surface area (Å²) in [5.74, 6) is 0.579. The molecule has 2 rings (SSSR count). The Bertz CT molecular complexity index is 756. The first kappa shape index (κ1) is 15.3. The molecule has 0 aromatic carbocycles. The van der Waals surface area contributed by atoms with Crippen LogP contribution in [0.15, 0.2) is 9.59 Å². The Morgan fingerprint density at radius 3 is 2.57 bits per heavy atom. The lowest BCUT2D eigenvalue weighted by Gasteiger charge is -2.08. The zero-order valence-corrected chi connectivity index (χ0v) is 12.8. The topological polar surface area (TPSA) is 83.1 Å². The van der Waals surface area contributed by atoms with Crippen LogP contribution in [0.5, 0.6) is 0 Å². The van der Waals surface area contributed by atoms with E-state index in [2.05, 4.69) is 10.3 Å². The highest BCUT2D eigenvalue weighted by atomic mass is 16.5. The van der Waals surface area contributed by atoms with Crippen molar-refractivity contribution in [1.29, 1.82) is 0 Å². The number of methoxy groups -OCH3 is 1. The first-order valence-electron chi connectivity index (χ1n) is 6.92. The largest absolute Gasteiger partial charge is 0.385 e. The van der Waals surface area contributed by atoms with Gasteiger partial charge < -0.3 is 14.6 Å². The fourth-order valence-corrected chi connectivity index (χ4v) is 2.31. The molecular formula is C13H21N5O3. The lowest BCUT2D eigenvalue weighted by Crippen LogP contribution is -2.38. The Labute approximate surface area is 122 Å². The van der Waals surface area contributed by atoms with Crippen LogP contribution in [0.2, 0.25) is 0 Å². The van der Waals surface area contributed by atoms with Gasteiger partial charge in [-0.1, -0.05) is 0 Å². The summed E-state index contributed by atoms with van der Waals surface area (Å²) in [4.78, 5) is 29.0. The van der Waals surface area contributed by atoms with Crippen LogP contribution in [-0.4, -0.2) is 38.9 Å². The molecule has 0 aliphatic rings. The summed E-state index contributed by atoms with van der Waals surface area (Å²) >= 11 is 0. The minimum atomic E-state index is -0.357. The number of nitrogens with zero attached hydrogens (tertiary/aromatic N) is 4. The Morgan fingerprint density at radius 2 is 1.95 bits per heavy atom. The minimum Gasteiger partial charge on any atom is -0.385 e. The van der Waals surface area contributed by atoms with Gasteiger partial charge in [-0.25, -0.2) is 4.79 Å². The third-order valence-electron chi connectivity index (χ3n) is 3.42. The van der Waals surface area contributed by atoms with Crippen molar-refractivity contribution in [3.63, 3.8) is 0 Å². The van der Waals surface area contributed by atoms with Gasteiger partial charge in [0.25, 0.3) is 5.56 Å². The van der Waals surface area contributed by atoms with E-state index in [1.54, 1.807) is 18.7 Å². The maximum absolute atomic E-state index is 12.3.